The van der Waals surface area contributed by atoms with Gasteiger partial charge >= 0.3 is 5.91 Å². The summed E-state index contributed by atoms with van der Waals surface area (Å²) < 4.78 is 19.5. The van der Waals surface area contributed by atoms with Crippen LogP contribution in [-0.4, -0.2) is 34.1 Å². The van der Waals surface area contributed by atoms with Crippen LogP contribution >= 0.6 is 23.1 Å². The maximum absolute atomic E-state index is 13.5. The number of aromatic nitrogens is 2. The number of benzene rings is 3. The summed E-state index contributed by atoms with van der Waals surface area (Å²) in [6.45, 7) is 0. The van der Waals surface area contributed by atoms with E-state index in [1.165, 1.54) is 59.4 Å². The lowest BCUT2D eigenvalue weighted by Gasteiger charge is -2.22. The number of thioether (sulfide) groups is 1. The SMILES string of the molecule is COc1cccc(C2/C(=C(/O)c3ccc(F)cc3)C(=O)C(=O)N2c2nnc(SCc3ccccc3)s2)c1. The third-order valence-electron chi connectivity index (χ3n) is 5.78. The fourth-order valence-electron chi connectivity index (χ4n) is 4.00. The number of amides is 1. The molecule has 1 unspecified atom stereocenters. The van der Waals surface area contributed by atoms with Crippen LogP contribution in [0, 0.1) is 5.82 Å². The molecule has 1 aliphatic rings. The molecule has 3 aromatic carbocycles. The maximum Gasteiger partial charge on any atom is 0.301 e. The van der Waals surface area contributed by atoms with Crippen molar-refractivity contribution in [3.05, 3.63) is 107 Å². The lowest BCUT2D eigenvalue weighted by Crippen LogP contribution is -2.29. The van der Waals surface area contributed by atoms with E-state index in [4.69, 9.17) is 4.74 Å². The number of aliphatic hydroxyl groups excluding tert-OH is 1. The van der Waals surface area contributed by atoms with Crippen LogP contribution in [0.1, 0.15) is 22.7 Å². The van der Waals surface area contributed by atoms with Crippen molar-refractivity contribution in [2.45, 2.75) is 16.1 Å². The normalized spacial score (nSPS) is 16.8. The first-order valence-corrected chi connectivity index (χ1v) is 13.0. The highest BCUT2D eigenvalue weighted by molar-refractivity contribution is 8.00. The molecule has 4 aromatic rings. The standard InChI is InChI=1S/C27H20FN3O4S2/c1-35-20-9-5-8-18(14-20)22-21(23(32)17-10-12-19(28)13-11-17)24(33)25(34)31(22)26-29-30-27(37-26)36-15-16-6-3-2-4-7-16/h2-14,22,32H,15H2,1H3/b23-21-. The van der Waals surface area contributed by atoms with Gasteiger partial charge in [-0.15, -0.1) is 10.2 Å². The highest BCUT2D eigenvalue weighted by Gasteiger charge is 2.48. The summed E-state index contributed by atoms with van der Waals surface area (Å²) in [6.07, 6.45) is 0. The van der Waals surface area contributed by atoms with E-state index in [2.05, 4.69) is 10.2 Å². The first-order chi connectivity index (χ1) is 18.0. The molecule has 5 rings (SSSR count). The van der Waals surface area contributed by atoms with Crippen LogP contribution in [0.15, 0.2) is 88.8 Å². The number of hydrogen-bond donors (Lipinski definition) is 1. The van der Waals surface area contributed by atoms with Gasteiger partial charge in [0.2, 0.25) is 5.13 Å². The molecule has 1 aliphatic heterocycles. The van der Waals surface area contributed by atoms with Gasteiger partial charge in [-0.05, 0) is 47.5 Å². The molecule has 0 saturated carbocycles. The molecule has 1 N–H and O–H groups in total. The Morgan fingerprint density at radius 3 is 2.54 bits per heavy atom. The van der Waals surface area contributed by atoms with Crippen molar-refractivity contribution in [3.8, 4) is 5.75 Å². The summed E-state index contributed by atoms with van der Waals surface area (Å²) in [6, 6.07) is 20.8. The summed E-state index contributed by atoms with van der Waals surface area (Å²) in [4.78, 5) is 27.8. The summed E-state index contributed by atoms with van der Waals surface area (Å²) in [5.41, 5.74) is 1.73. The van der Waals surface area contributed by atoms with E-state index in [0.717, 1.165) is 5.56 Å². The second kappa shape index (κ2) is 10.5. The predicted molar refractivity (Wildman–Crippen MR) is 140 cm³/mol. The van der Waals surface area contributed by atoms with Gasteiger partial charge in [-0.25, -0.2) is 4.39 Å². The zero-order chi connectivity index (χ0) is 25.9. The highest BCUT2D eigenvalue weighted by Crippen LogP contribution is 2.44. The Kier molecular flexibility index (Phi) is 7.02. The molecule has 1 fully saturated rings. The number of ketones is 1. The predicted octanol–water partition coefficient (Wildman–Crippen LogP) is 5.60. The quantitative estimate of drug-likeness (QED) is 0.109. The van der Waals surface area contributed by atoms with E-state index >= 15 is 0 Å². The van der Waals surface area contributed by atoms with Crippen LogP contribution in [0.25, 0.3) is 5.76 Å². The van der Waals surface area contributed by atoms with Gasteiger partial charge in [0.25, 0.3) is 5.78 Å². The monoisotopic (exact) mass is 533 g/mol. The average Bonchev–Trinajstić information content (AvgIpc) is 3.50. The van der Waals surface area contributed by atoms with Crippen LogP contribution in [0.4, 0.5) is 9.52 Å². The first kappa shape index (κ1) is 24.7. The van der Waals surface area contributed by atoms with Crippen molar-refractivity contribution in [1.82, 2.24) is 10.2 Å². The van der Waals surface area contributed by atoms with E-state index < -0.39 is 29.3 Å². The van der Waals surface area contributed by atoms with Gasteiger partial charge in [-0.3, -0.25) is 14.5 Å². The van der Waals surface area contributed by atoms with Crippen LogP contribution in [0.3, 0.4) is 0 Å². The Morgan fingerprint density at radius 1 is 1.05 bits per heavy atom. The molecule has 0 spiro atoms. The number of carbonyl (C=O) groups excluding carboxylic acids is 2. The van der Waals surface area contributed by atoms with Crippen molar-refractivity contribution in [1.29, 1.82) is 0 Å². The lowest BCUT2D eigenvalue weighted by atomic mass is 9.95. The number of methoxy groups -OCH3 is 1. The number of Topliss-reactive ketones (excluding diaryl/α,β-unsaturated/α-hetero) is 1. The van der Waals surface area contributed by atoms with Gasteiger partial charge in [0.05, 0.1) is 18.7 Å². The zero-order valence-corrected chi connectivity index (χ0v) is 21.1. The number of rotatable bonds is 7. The molecule has 0 radical (unpaired) electrons. The number of anilines is 1. The highest BCUT2D eigenvalue weighted by atomic mass is 32.2. The molecule has 1 amide bonds. The van der Waals surface area contributed by atoms with Gasteiger partial charge in [-0.1, -0.05) is 65.6 Å². The molecule has 0 aliphatic carbocycles. The molecule has 2 heterocycles. The fourth-order valence-corrected chi connectivity index (χ4v) is 5.82. The Bertz CT molecular complexity index is 1490. The fraction of sp³-hybridized carbons (Fsp3) is 0.111. The van der Waals surface area contributed by atoms with E-state index in [1.54, 1.807) is 24.3 Å². The van der Waals surface area contributed by atoms with Gasteiger partial charge in [0.1, 0.15) is 17.3 Å². The van der Waals surface area contributed by atoms with E-state index in [0.29, 0.717) is 21.4 Å². The molecule has 1 atom stereocenters. The first-order valence-electron chi connectivity index (χ1n) is 11.2. The second-order valence-corrected chi connectivity index (χ2v) is 10.3. The van der Waals surface area contributed by atoms with E-state index in [9.17, 15) is 19.1 Å². The number of hydrogen-bond acceptors (Lipinski definition) is 8. The molecule has 10 heteroatoms. The van der Waals surface area contributed by atoms with Gasteiger partial charge in [0, 0.05) is 11.3 Å². The number of carbonyl (C=O) groups is 2. The van der Waals surface area contributed by atoms with Crippen molar-refractivity contribution in [2.24, 2.45) is 0 Å². The van der Waals surface area contributed by atoms with Crippen molar-refractivity contribution in [2.75, 3.05) is 12.0 Å². The van der Waals surface area contributed by atoms with E-state index in [-0.39, 0.29) is 16.3 Å². The van der Waals surface area contributed by atoms with Crippen LogP contribution < -0.4 is 9.64 Å². The van der Waals surface area contributed by atoms with E-state index in [1.807, 2.05) is 30.3 Å². The van der Waals surface area contributed by atoms with Crippen LogP contribution in [0.2, 0.25) is 0 Å². The summed E-state index contributed by atoms with van der Waals surface area (Å²) >= 11 is 2.65. The number of halogens is 1. The van der Waals surface area contributed by atoms with Crippen molar-refractivity contribution < 1.29 is 23.8 Å². The Morgan fingerprint density at radius 2 is 1.81 bits per heavy atom. The molecular weight excluding hydrogens is 513 g/mol. The lowest BCUT2D eigenvalue weighted by molar-refractivity contribution is -0.132. The summed E-state index contributed by atoms with van der Waals surface area (Å²) in [5, 5.41) is 19.8. The molecule has 7 nitrogen and oxygen atoms in total. The van der Waals surface area contributed by atoms with Crippen molar-refractivity contribution in [3.63, 3.8) is 0 Å². The molecule has 1 saturated heterocycles. The second-order valence-electron chi connectivity index (χ2n) is 8.08. The van der Waals surface area contributed by atoms with Gasteiger partial charge < -0.3 is 9.84 Å². The maximum atomic E-state index is 13.5. The molecule has 186 valence electrons. The van der Waals surface area contributed by atoms with Crippen LogP contribution in [0.5, 0.6) is 5.75 Å². The van der Waals surface area contributed by atoms with Gasteiger partial charge in [0.15, 0.2) is 4.34 Å². The third kappa shape index (κ3) is 4.98. The zero-order valence-electron chi connectivity index (χ0n) is 19.5. The van der Waals surface area contributed by atoms with Gasteiger partial charge in [-0.2, -0.15) is 0 Å². The average molecular weight is 534 g/mol. The number of nitrogens with zero attached hydrogens (tertiary/aromatic N) is 3. The smallest absolute Gasteiger partial charge is 0.301 e. The Hall–Kier alpha value is -4.02. The number of aliphatic hydroxyl groups is 1. The molecule has 0 bridgehead atoms. The molecular formula is C27H20FN3O4S2. The largest absolute Gasteiger partial charge is 0.507 e. The molecule has 37 heavy (non-hydrogen) atoms. The van der Waals surface area contributed by atoms with Crippen LogP contribution in [-0.2, 0) is 15.3 Å². The minimum atomic E-state index is -0.986. The minimum Gasteiger partial charge on any atom is -0.507 e. The van der Waals surface area contributed by atoms with Crippen molar-refractivity contribution >= 4 is 45.7 Å². The number of ether oxygens (including phenoxy) is 1. The molecule has 1 aromatic heterocycles. The minimum absolute atomic E-state index is 0.126. The Balaban J connectivity index is 1.56. The summed E-state index contributed by atoms with van der Waals surface area (Å²) in [5.74, 6) is -1.43. The summed E-state index contributed by atoms with van der Waals surface area (Å²) in [7, 11) is 1.51. The third-order valence-corrected chi connectivity index (χ3v) is 7.91. The topological polar surface area (TPSA) is 92.6 Å². The Labute approximate surface area is 220 Å².